The highest BCUT2D eigenvalue weighted by molar-refractivity contribution is 9.10. The van der Waals surface area contributed by atoms with Crippen LogP contribution in [0.25, 0.3) is 22.4 Å². The van der Waals surface area contributed by atoms with Crippen LogP contribution in [0, 0.1) is 0 Å². The summed E-state index contributed by atoms with van der Waals surface area (Å²) >= 11 is 3.50. The lowest BCUT2D eigenvalue weighted by Crippen LogP contribution is -1.92. The number of imidazole rings is 1. The molecule has 3 N–H and O–H groups in total. The molecule has 1 aromatic heterocycles. The van der Waals surface area contributed by atoms with E-state index in [1.54, 1.807) is 14.2 Å². The highest BCUT2D eigenvalue weighted by Crippen LogP contribution is 2.32. The van der Waals surface area contributed by atoms with Crippen molar-refractivity contribution in [1.29, 1.82) is 0 Å². The fraction of sp³-hybridized carbons (Fsp3) is 0.133. The first-order valence-electron chi connectivity index (χ1n) is 6.29. The van der Waals surface area contributed by atoms with Gasteiger partial charge in [0.25, 0.3) is 0 Å². The molecule has 108 valence electrons. The first-order valence-corrected chi connectivity index (χ1v) is 7.09. The largest absolute Gasteiger partial charge is 0.497 e. The minimum Gasteiger partial charge on any atom is -0.497 e. The van der Waals surface area contributed by atoms with Gasteiger partial charge in [-0.25, -0.2) is 4.98 Å². The van der Waals surface area contributed by atoms with Crippen LogP contribution in [0.15, 0.2) is 34.8 Å². The number of methoxy groups -OCH3 is 2. The number of aromatic nitrogens is 2. The second-order valence-corrected chi connectivity index (χ2v) is 5.40. The van der Waals surface area contributed by atoms with Crippen LogP contribution in [-0.2, 0) is 0 Å². The van der Waals surface area contributed by atoms with E-state index in [0.717, 1.165) is 32.6 Å². The van der Waals surface area contributed by atoms with E-state index in [4.69, 9.17) is 15.2 Å². The molecular weight excluding hydrogens is 334 g/mol. The molecule has 3 aromatic rings. The van der Waals surface area contributed by atoms with Crippen molar-refractivity contribution in [2.24, 2.45) is 0 Å². The third-order valence-corrected chi connectivity index (χ3v) is 3.86. The lowest BCUT2D eigenvalue weighted by atomic mass is 10.2. The first-order chi connectivity index (χ1) is 10.1. The summed E-state index contributed by atoms with van der Waals surface area (Å²) < 4.78 is 11.3. The van der Waals surface area contributed by atoms with E-state index in [2.05, 4.69) is 25.9 Å². The number of ether oxygens (including phenoxy) is 2. The minimum absolute atomic E-state index is 0.576. The van der Waals surface area contributed by atoms with Gasteiger partial charge in [0.2, 0.25) is 0 Å². The zero-order valence-electron chi connectivity index (χ0n) is 11.6. The SMILES string of the molecule is COc1cc(Br)c2nc(-c3ccc(OC)c(N)c3)[nH]c2c1. The van der Waals surface area contributed by atoms with Crippen molar-refractivity contribution < 1.29 is 9.47 Å². The highest BCUT2D eigenvalue weighted by atomic mass is 79.9. The zero-order chi connectivity index (χ0) is 15.0. The van der Waals surface area contributed by atoms with E-state index in [1.165, 1.54) is 0 Å². The molecule has 3 rings (SSSR count). The molecule has 0 aliphatic heterocycles. The maximum Gasteiger partial charge on any atom is 0.141 e. The van der Waals surface area contributed by atoms with Crippen LogP contribution in [0.3, 0.4) is 0 Å². The summed E-state index contributed by atoms with van der Waals surface area (Å²) in [6.45, 7) is 0. The van der Waals surface area contributed by atoms with Crippen molar-refractivity contribution in [3.8, 4) is 22.9 Å². The normalized spacial score (nSPS) is 10.8. The second-order valence-electron chi connectivity index (χ2n) is 4.55. The Kier molecular flexibility index (Phi) is 3.47. The second kappa shape index (κ2) is 5.29. The van der Waals surface area contributed by atoms with Crippen LogP contribution in [0.4, 0.5) is 5.69 Å². The molecule has 1 heterocycles. The van der Waals surface area contributed by atoms with Gasteiger partial charge in [-0.15, -0.1) is 0 Å². The molecule has 0 spiro atoms. The summed E-state index contributed by atoms with van der Waals surface area (Å²) in [6, 6.07) is 9.37. The Labute approximate surface area is 130 Å². The number of anilines is 1. The van der Waals surface area contributed by atoms with Gasteiger partial charge in [-0.05, 0) is 40.2 Å². The van der Waals surface area contributed by atoms with Gasteiger partial charge in [-0.2, -0.15) is 0 Å². The number of H-pyrrole nitrogens is 1. The predicted octanol–water partition coefficient (Wildman–Crippen LogP) is 3.59. The van der Waals surface area contributed by atoms with E-state index in [1.807, 2.05) is 30.3 Å². The molecule has 21 heavy (non-hydrogen) atoms. The molecule has 2 aromatic carbocycles. The molecule has 0 radical (unpaired) electrons. The average Bonchev–Trinajstić information content (AvgIpc) is 2.91. The minimum atomic E-state index is 0.576. The number of rotatable bonds is 3. The average molecular weight is 348 g/mol. The lowest BCUT2D eigenvalue weighted by Gasteiger charge is -2.05. The Hall–Kier alpha value is -2.21. The summed E-state index contributed by atoms with van der Waals surface area (Å²) in [5, 5.41) is 0. The van der Waals surface area contributed by atoms with Crippen LogP contribution in [0.2, 0.25) is 0 Å². The van der Waals surface area contributed by atoms with Crippen LogP contribution >= 0.6 is 15.9 Å². The number of benzene rings is 2. The van der Waals surface area contributed by atoms with Gasteiger partial charge >= 0.3 is 0 Å². The molecule has 0 unspecified atom stereocenters. The van der Waals surface area contributed by atoms with Gasteiger partial charge in [-0.1, -0.05) is 0 Å². The fourth-order valence-electron chi connectivity index (χ4n) is 2.19. The number of nitrogens with zero attached hydrogens (tertiary/aromatic N) is 1. The molecule has 5 nitrogen and oxygen atoms in total. The van der Waals surface area contributed by atoms with Crippen molar-refractivity contribution in [2.75, 3.05) is 20.0 Å². The maximum atomic E-state index is 5.94. The van der Waals surface area contributed by atoms with E-state index in [0.29, 0.717) is 11.4 Å². The number of hydrogen-bond acceptors (Lipinski definition) is 4. The van der Waals surface area contributed by atoms with Crippen molar-refractivity contribution in [3.05, 3.63) is 34.8 Å². The van der Waals surface area contributed by atoms with Crippen molar-refractivity contribution in [1.82, 2.24) is 9.97 Å². The summed E-state index contributed by atoms with van der Waals surface area (Å²) in [6.07, 6.45) is 0. The van der Waals surface area contributed by atoms with E-state index in [9.17, 15) is 0 Å². The monoisotopic (exact) mass is 347 g/mol. The number of aromatic amines is 1. The molecule has 0 fully saturated rings. The number of hydrogen-bond donors (Lipinski definition) is 2. The lowest BCUT2D eigenvalue weighted by molar-refractivity contribution is 0.415. The van der Waals surface area contributed by atoms with Crippen LogP contribution in [0.5, 0.6) is 11.5 Å². The quantitative estimate of drug-likeness (QED) is 0.710. The molecule has 0 bridgehead atoms. The number of nitrogen functional groups attached to an aromatic ring is 1. The topological polar surface area (TPSA) is 73.2 Å². The third-order valence-electron chi connectivity index (χ3n) is 3.25. The molecule has 0 amide bonds. The van der Waals surface area contributed by atoms with Gasteiger partial charge in [0.1, 0.15) is 22.8 Å². The van der Waals surface area contributed by atoms with Crippen LogP contribution < -0.4 is 15.2 Å². The Morgan fingerprint density at radius 1 is 1.14 bits per heavy atom. The Morgan fingerprint density at radius 3 is 2.62 bits per heavy atom. The molecule has 0 saturated carbocycles. The third kappa shape index (κ3) is 2.42. The standard InChI is InChI=1S/C15H14BrN3O2/c1-20-9-6-10(16)14-12(7-9)18-15(19-14)8-3-4-13(21-2)11(17)5-8/h3-7H,17H2,1-2H3,(H,18,19). The summed E-state index contributed by atoms with van der Waals surface area (Å²) in [5.41, 5.74) is 9.16. The van der Waals surface area contributed by atoms with Crippen molar-refractivity contribution in [2.45, 2.75) is 0 Å². The summed E-state index contributed by atoms with van der Waals surface area (Å²) in [7, 11) is 3.23. The summed E-state index contributed by atoms with van der Waals surface area (Å²) in [4.78, 5) is 7.87. The smallest absolute Gasteiger partial charge is 0.141 e. The summed E-state index contributed by atoms with van der Waals surface area (Å²) in [5.74, 6) is 2.16. The van der Waals surface area contributed by atoms with E-state index < -0.39 is 0 Å². The Bertz CT molecular complexity index is 814. The van der Waals surface area contributed by atoms with Gasteiger partial charge in [0, 0.05) is 16.1 Å². The highest BCUT2D eigenvalue weighted by Gasteiger charge is 2.11. The van der Waals surface area contributed by atoms with E-state index in [-0.39, 0.29) is 0 Å². The van der Waals surface area contributed by atoms with Crippen LogP contribution in [-0.4, -0.2) is 24.2 Å². The van der Waals surface area contributed by atoms with Gasteiger partial charge < -0.3 is 20.2 Å². The fourth-order valence-corrected chi connectivity index (χ4v) is 2.71. The number of halogens is 1. The van der Waals surface area contributed by atoms with Crippen molar-refractivity contribution >= 4 is 32.7 Å². The number of fused-ring (bicyclic) bond motifs is 1. The number of nitrogens with two attached hydrogens (primary N) is 1. The van der Waals surface area contributed by atoms with Gasteiger partial charge in [-0.3, -0.25) is 0 Å². The van der Waals surface area contributed by atoms with Crippen LogP contribution in [0.1, 0.15) is 0 Å². The molecule has 0 aliphatic rings. The van der Waals surface area contributed by atoms with Gasteiger partial charge in [0.05, 0.1) is 25.4 Å². The van der Waals surface area contributed by atoms with Gasteiger partial charge in [0.15, 0.2) is 0 Å². The maximum absolute atomic E-state index is 5.94. The molecule has 0 saturated heterocycles. The molecule has 0 aliphatic carbocycles. The Balaban J connectivity index is 2.12. The zero-order valence-corrected chi connectivity index (χ0v) is 13.2. The molecule has 0 atom stereocenters. The predicted molar refractivity (Wildman–Crippen MR) is 86.7 cm³/mol. The molecular formula is C15H14BrN3O2. The van der Waals surface area contributed by atoms with Crippen molar-refractivity contribution in [3.63, 3.8) is 0 Å². The van der Waals surface area contributed by atoms with E-state index >= 15 is 0 Å². The Morgan fingerprint density at radius 2 is 1.95 bits per heavy atom. The molecule has 6 heteroatoms. The number of nitrogens with one attached hydrogen (secondary N) is 1. The first kappa shape index (κ1) is 13.8.